The lowest BCUT2D eigenvalue weighted by atomic mass is 9.85. The molecule has 0 saturated heterocycles. The fourth-order valence-electron chi connectivity index (χ4n) is 2.88. The zero-order chi connectivity index (χ0) is 15.5. The predicted molar refractivity (Wildman–Crippen MR) is 83.7 cm³/mol. The Hall–Kier alpha value is -0.620. The maximum Gasteiger partial charge on any atom is 0.240 e. The molecule has 2 rings (SSSR count). The molecule has 6 heteroatoms. The van der Waals surface area contributed by atoms with E-state index in [9.17, 15) is 8.42 Å². The summed E-state index contributed by atoms with van der Waals surface area (Å²) < 4.78 is 27.6. The summed E-state index contributed by atoms with van der Waals surface area (Å²) >= 11 is 5.97. The molecular weight excluding hydrogens is 310 g/mol. The van der Waals surface area contributed by atoms with Crippen LogP contribution in [0.1, 0.15) is 44.6 Å². The maximum absolute atomic E-state index is 12.4. The van der Waals surface area contributed by atoms with Gasteiger partial charge < -0.3 is 5.11 Å². The molecule has 1 saturated carbocycles. The molecule has 4 nitrogen and oxygen atoms in total. The van der Waals surface area contributed by atoms with Crippen LogP contribution in [-0.2, 0) is 16.6 Å². The van der Waals surface area contributed by atoms with Gasteiger partial charge in [0, 0.05) is 11.1 Å². The minimum absolute atomic E-state index is 0.00462. The zero-order valence-electron chi connectivity index (χ0n) is 12.2. The topological polar surface area (TPSA) is 66.4 Å². The van der Waals surface area contributed by atoms with Crippen LogP contribution in [0.3, 0.4) is 0 Å². The van der Waals surface area contributed by atoms with Crippen LogP contribution in [0.15, 0.2) is 23.1 Å². The van der Waals surface area contributed by atoms with Gasteiger partial charge >= 0.3 is 0 Å². The lowest BCUT2D eigenvalue weighted by Gasteiger charge is -2.28. The molecule has 118 valence electrons. The average molecular weight is 332 g/mol. The van der Waals surface area contributed by atoms with E-state index in [1.807, 2.05) is 0 Å². The van der Waals surface area contributed by atoms with Crippen LogP contribution in [0.25, 0.3) is 0 Å². The minimum atomic E-state index is -3.56. The Labute approximate surface area is 131 Å². The smallest absolute Gasteiger partial charge is 0.240 e. The van der Waals surface area contributed by atoms with E-state index in [2.05, 4.69) is 11.6 Å². The van der Waals surface area contributed by atoms with Gasteiger partial charge in [-0.25, -0.2) is 13.1 Å². The van der Waals surface area contributed by atoms with E-state index in [1.54, 1.807) is 6.07 Å². The molecule has 1 aliphatic carbocycles. The van der Waals surface area contributed by atoms with Crippen LogP contribution < -0.4 is 4.72 Å². The van der Waals surface area contributed by atoms with Crippen molar-refractivity contribution in [1.29, 1.82) is 0 Å². The molecule has 0 aliphatic heterocycles. The highest BCUT2D eigenvalue weighted by Crippen LogP contribution is 2.28. The Balaban J connectivity index is 2.13. The first-order valence-electron chi connectivity index (χ1n) is 7.38. The average Bonchev–Trinajstić information content (AvgIpc) is 2.47. The highest BCUT2D eigenvalue weighted by atomic mass is 35.5. The van der Waals surface area contributed by atoms with Crippen molar-refractivity contribution in [2.75, 3.05) is 0 Å². The number of rotatable bonds is 5. The molecule has 0 radical (unpaired) electrons. The van der Waals surface area contributed by atoms with Crippen molar-refractivity contribution in [1.82, 2.24) is 4.72 Å². The Morgan fingerprint density at radius 1 is 1.38 bits per heavy atom. The van der Waals surface area contributed by atoms with E-state index < -0.39 is 10.0 Å². The number of sulfonamides is 1. The molecule has 2 atom stereocenters. The van der Waals surface area contributed by atoms with Crippen molar-refractivity contribution in [2.45, 2.75) is 56.6 Å². The lowest BCUT2D eigenvalue weighted by Crippen LogP contribution is -2.38. The number of aliphatic hydroxyl groups excluding tert-OH is 1. The monoisotopic (exact) mass is 331 g/mol. The van der Waals surface area contributed by atoms with Crippen LogP contribution in [0.5, 0.6) is 0 Å². The summed E-state index contributed by atoms with van der Waals surface area (Å²) in [5.74, 6) is 0.604. The quantitative estimate of drug-likeness (QED) is 0.871. The van der Waals surface area contributed by atoms with Crippen LogP contribution in [0.4, 0.5) is 0 Å². The van der Waals surface area contributed by atoms with Crippen molar-refractivity contribution in [3.05, 3.63) is 28.8 Å². The van der Waals surface area contributed by atoms with Crippen molar-refractivity contribution < 1.29 is 13.5 Å². The van der Waals surface area contributed by atoms with E-state index >= 15 is 0 Å². The number of halogens is 1. The van der Waals surface area contributed by atoms with E-state index in [-0.39, 0.29) is 22.6 Å². The number of nitrogens with one attached hydrogen (secondary N) is 1. The van der Waals surface area contributed by atoms with Crippen LogP contribution in [0, 0.1) is 5.92 Å². The van der Waals surface area contributed by atoms with Crippen LogP contribution >= 0.6 is 11.6 Å². The van der Waals surface area contributed by atoms with Gasteiger partial charge in [0.2, 0.25) is 10.0 Å². The molecule has 1 aromatic carbocycles. The van der Waals surface area contributed by atoms with Crippen LogP contribution in [0.2, 0.25) is 5.02 Å². The van der Waals surface area contributed by atoms with Gasteiger partial charge in [-0.1, -0.05) is 43.9 Å². The van der Waals surface area contributed by atoms with E-state index in [0.29, 0.717) is 11.5 Å². The molecule has 0 bridgehead atoms. The van der Waals surface area contributed by atoms with Gasteiger partial charge in [-0.3, -0.25) is 0 Å². The maximum atomic E-state index is 12.4. The molecule has 0 aromatic heterocycles. The number of benzene rings is 1. The van der Waals surface area contributed by atoms with Gasteiger partial charge in [-0.05, 0) is 36.5 Å². The van der Waals surface area contributed by atoms with Gasteiger partial charge in [0.25, 0.3) is 0 Å². The summed E-state index contributed by atoms with van der Waals surface area (Å²) in [5.41, 5.74) is 0.527. The molecular formula is C15H22ClNO3S. The SMILES string of the molecule is CCC1CCCC(NS(=O)(=O)c2ccc(CO)c(Cl)c2)C1. The minimum Gasteiger partial charge on any atom is -0.392 e. The van der Waals surface area contributed by atoms with Crippen molar-refractivity contribution in [3.63, 3.8) is 0 Å². The molecule has 2 unspecified atom stereocenters. The largest absolute Gasteiger partial charge is 0.392 e. The van der Waals surface area contributed by atoms with Gasteiger partial charge in [0.05, 0.1) is 11.5 Å². The fraction of sp³-hybridized carbons (Fsp3) is 0.600. The molecule has 0 heterocycles. The zero-order valence-corrected chi connectivity index (χ0v) is 13.8. The number of hydrogen-bond acceptors (Lipinski definition) is 3. The molecule has 0 amide bonds. The summed E-state index contributed by atoms with van der Waals surface area (Å²) in [6, 6.07) is 4.44. The second-order valence-electron chi connectivity index (χ2n) is 5.67. The first-order valence-corrected chi connectivity index (χ1v) is 9.24. The Morgan fingerprint density at radius 2 is 2.14 bits per heavy atom. The molecule has 1 aromatic rings. The second-order valence-corrected chi connectivity index (χ2v) is 7.79. The third-order valence-electron chi connectivity index (χ3n) is 4.19. The van der Waals surface area contributed by atoms with Crippen molar-refractivity contribution in [3.8, 4) is 0 Å². The first-order chi connectivity index (χ1) is 9.96. The summed E-state index contributed by atoms with van der Waals surface area (Å²) in [6.45, 7) is 1.95. The number of hydrogen-bond donors (Lipinski definition) is 2. The number of aliphatic hydroxyl groups is 1. The molecule has 0 spiro atoms. The molecule has 1 fully saturated rings. The Bertz CT molecular complexity index is 589. The fourth-order valence-corrected chi connectivity index (χ4v) is 4.49. The Kier molecular flexibility index (Phi) is 5.66. The van der Waals surface area contributed by atoms with Gasteiger partial charge in [-0.2, -0.15) is 0 Å². The summed E-state index contributed by atoms with van der Waals surface area (Å²) in [6.07, 6.45) is 5.13. The van der Waals surface area contributed by atoms with Gasteiger partial charge in [0.15, 0.2) is 0 Å². The van der Waals surface area contributed by atoms with Gasteiger partial charge in [-0.15, -0.1) is 0 Å². The summed E-state index contributed by atoms with van der Waals surface area (Å²) in [7, 11) is -3.56. The van der Waals surface area contributed by atoms with Crippen LogP contribution in [-0.4, -0.2) is 19.6 Å². The van der Waals surface area contributed by atoms with Gasteiger partial charge in [0.1, 0.15) is 0 Å². The standard InChI is InChI=1S/C15H22ClNO3S/c1-2-11-4-3-5-13(8-11)17-21(19,20)14-7-6-12(10-18)15(16)9-14/h6-7,9,11,13,17-18H,2-5,8,10H2,1H3. The highest BCUT2D eigenvalue weighted by molar-refractivity contribution is 7.89. The molecule has 21 heavy (non-hydrogen) atoms. The molecule has 2 N–H and O–H groups in total. The second kappa shape index (κ2) is 7.09. The van der Waals surface area contributed by atoms with E-state index in [0.717, 1.165) is 25.7 Å². The summed E-state index contributed by atoms with van der Waals surface area (Å²) in [5, 5.41) is 9.35. The highest BCUT2D eigenvalue weighted by Gasteiger charge is 2.26. The molecule has 1 aliphatic rings. The lowest BCUT2D eigenvalue weighted by molar-refractivity contribution is 0.282. The summed E-state index contributed by atoms with van der Waals surface area (Å²) in [4.78, 5) is 0.156. The first kappa shape index (κ1) is 16.7. The van der Waals surface area contributed by atoms with Crippen molar-refractivity contribution in [2.24, 2.45) is 5.92 Å². The van der Waals surface area contributed by atoms with E-state index in [1.165, 1.54) is 18.6 Å². The predicted octanol–water partition coefficient (Wildman–Crippen LogP) is 3.08. The third-order valence-corrected chi connectivity index (χ3v) is 6.06. The van der Waals surface area contributed by atoms with Crippen molar-refractivity contribution >= 4 is 21.6 Å². The normalized spacial score (nSPS) is 23.2. The van der Waals surface area contributed by atoms with E-state index in [4.69, 9.17) is 16.7 Å². The Morgan fingerprint density at radius 3 is 2.76 bits per heavy atom. The third kappa shape index (κ3) is 4.19.